The molecule has 3 fully saturated rings. The first-order valence-electron chi connectivity index (χ1n) is 9.62. The lowest BCUT2D eigenvalue weighted by atomic mass is 9.63. The van der Waals surface area contributed by atoms with Gasteiger partial charge in [0, 0.05) is 5.02 Å². The van der Waals surface area contributed by atoms with Gasteiger partial charge in [0.15, 0.2) is 0 Å². The molecule has 1 saturated heterocycles. The number of carbonyl (C=O) groups excluding carboxylic acids is 3. The Morgan fingerprint density at radius 3 is 2.36 bits per heavy atom. The van der Waals surface area contributed by atoms with Crippen LogP contribution in [-0.4, -0.2) is 35.8 Å². The molecule has 6 nitrogen and oxygen atoms in total. The van der Waals surface area contributed by atoms with Crippen molar-refractivity contribution in [3.8, 4) is 5.75 Å². The van der Waals surface area contributed by atoms with Gasteiger partial charge in [-0.05, 0) is 55.2 Å². The molecule has 4 aliphatic carbocycles. The molecule has 1 aromatic rings. The number of rotatable bonds is 4. The van der Waals surface area contributed by atoms with Crippen molar-refractivity contribution in [2.24, 2.45) is 35.5 Å². The van der Waals surface area contributed by atoms with Gasteiger partial charge in [-0.3, -0.25) is 19.3 Å². The Labute approximate surface area is 167 Å². The van der Waals surface area contributed by atoms with E-state index >= 15 is 0 Å². The number of likely N-dealkylation sites (tertiary alicyclic amines) is 1. The zero-order chi connectivity index (χ0) is 19.7. The number of hydrogen-bond donors (Lipinski definition) is 1. The molecule has 28 heavy (non-hydrogen) atoms. The Morgan fingerprint density at radius 2 is 1.79 bits per heavy atom. The number of methoxy groups -OCH3 is 1. The van der Waals surface area contributed by atoms with Gasteiger partial charge < -0.3 is 10.1 Å². The SMILES string of the molecule is COc1ccc(Cl)cc1NC(=O)[C@@H](C)N1C(=O)[C@@H]2[C@@H]3C=C[C@H]([C@H]4C[C@@H]34)[C@@H]2C1=O. The highest BCUT2D eigenvalue weighted by molar-refractivity contribution is 6.31. The van der Waals surface area contributed by atoms with Gasteiger partial charge in [-0.1, -0.05) is 23.8 Å². The minimum Gasteiger partial charge on any atom is -0.495 e. The van der Waals surface area contributed by atoms with Crippen molar-refractivity contribution in [3.05, 3.63) is 35.4 Å². The van der Waals surface area contributed by atoms with E-state index in [1.54, 1.807) is 25.1 Å². The van der Waals surface area contributed by atoms with Crippen molar-refractivity contribution in [1.82, 2.24) is 4.90 Å². The summed E-state index contributed by atoms with van der Waals surface area (Å²) in [6.45, 7) is 1.59. The minimum atomic E-state index is -0.898. The van der Waals surface area contributed by atoms with E-state index < -0.39 is 11.9 Å². The van der Waals surface area contributed by atoms with E-state index in [0.717, 1.165) is 6.42 Å². The van der Waals surface area contributed by atoms with Gasteiger partial charge in [-0.2, -0.15) is 0 Å². The Balaban J connectivity index is 1.38. The molecule has 1 heterocycles. The van der Waals surface area contributed by atoms with Crippen LogP contribution in [0.4, 0.5) is 5.69 Å². The molecule has 0 aromatic heterocycles. The number of carbonyl (C=O) groups is 3. The highest BCUT2D eigenvalue weighted by Gasteiger charge is 2.67. The molecular formula is C21H21ClN2O4. The molecule has 0 unspecified atom stereocenters. The summed E-state index contributed by atoms with van der Waals surface area (Å²) >= 11 is 6.02. The maximum absolute atomic E-state index is 13.1. The highest BCUT2D eigenvalue weighted by atomic mass is 35.5. The summed E-state index contributed by atoms with van der Waals surface area (Å²) in [6, 6.07) is 3.99. The van der Waals surface area contributed by atoms with Crippen LogP contribution in [0.3, 0.4) is 0 Å². The molecule has 1 aliphatic heterocycles. The number of halogens is 1. The molecule has 0 spiro atoms. The second kappa shape index (κ2) is 6.08. The number of benzene rings is 1. The van der Waals surface area contributed by atoms with Gasteiger partial charge in [0.1, 0.15) is 11.8 Å². The van der Waals surface area contributed by atoms with E-state index in [9.17, 15) is 14.4 Å². The molecule has 2 saturated carbocycles. The van der Waals surface area contributed by atoms with Gasteiger partial charge in [0.05, 0.1) is 24.6 Å². The first kappa shape index (κ1) is 17.7. The van der Waals surface area contributed by atoms with Crippen molar-refractivity contribution < 1.29 is 19.1 Å². The summed E-state index contributed by atoms with van der Waals surface area (Å²) in [5, 5.41) is 3.20. The molecule has 0 radical (unpaired) electrons. The van der Waals surface area contributed by atoms with Gasteiger partial charge in [-0.25, -0.2) is 0 Å². The molecule has 2 bridgehead atoms. The predicted molar refractivity (Wildman–Crippen MR) is 103 cm³/mol. The summed E-state index contributed by atoms with van der Waals surface area (Å²) < 4.78 is 5.25. The lowest BCUT2D eigenvalue weighted by molar-refractivity contribution is -0.146. The van der Waals surface area contributed by atoms with E-state index in [0.29, 0.717) is 28.3 Å². The second-order valence-corrected chi connectivity index (χ2v) is 8.65. The van der Waals surface area contributed by atoms with Gasteiger partial charge >= 0.3 is 0 Å². The lowest BCUT2D eigenvalue weighted by Crippen LogP contribution is -2.46. The molecule has 3 amide bonds. The fourth-order valence-electron chi connectivity index (χ4n) is 5.49. The Hall–Kier alpha value is -2.34. The van der Waals surface area contributed by atoms with Crippen LogP contribution in [0.5, 0.6) is 5.75 Å². The summed E-state index contributed by atoms with van der Waals surface area (Å²) in [5.41, 5.74) is 0.409. The third-order valence-corrected chi connectivity index (χ3v) is 7.12. The van der Waals surface area contributed by atoms with Gasteiger partial charge in [-0.15, -0.1) is 0 Å². The molecule has 1 N–H and O–H groups in total. The van der Waals surface area contributed by atoms with Crippen molar-refractivity contribution in [3.63, 3.8) is 0 Å². The molecule has 7 heteroatoms. The number of amides is 3. The van der Waals surface area contributed by atoms with Crippen LogP contribution in [0.25, 0.3) is 0 Å². The standard InChI is InChI=1S/C21H21ClN2O4/c1-9(19(25)23-15-7-10(22)3-6-16(15)28-2)24-20(26)17-11-4-5-12(14-8-13(11)14)18(17)21(24)27/h3-7,9,11-14,17-18H,8H2,1-2H3,(H,23,25)/t9-,11-,12-,13-,14+,17+,18-/m1/s1. The monoisotopic (exact) mass is 400 g/mol. The van der Waals surface area contributed by atoms with Crippen LogP contribution >= 0.6 is 11.6 Å². The quantitative estimate of drug-likeness (QED) is 0.622. The molecule has 6 rings (SSSR count). The topological polar surface area (TPSA) is 75.7 Å². The number of nitrogens with one attached hydrogen (secondary N) is 1. The minimum absolute atomic E-state index is 0.143. The Kier molecular flexibility index (Phi) is 3.85. The van der Waals surface area contributed by atoms with E-state index in [1.165, 1.54) is 12.0 Å². The van der Waals surface area contributed by atoms with E-state index in [-0.39, 0.29) is 35.5 Å². The van der Waals surface area contributed by atoms with E-state index in [2.05, 4.69) is 17.5 Å². The number of hydrogen-bond acceptors (Lipinski definition) is 4. The average Bonchev–Trinajstić information content (AvgIpc) is 3.45. The molecule has 1 aromatic carbocycles. The molecule has 146 valence electrons. The van der Waals surface area contributed by atoms with Crippen molar-refractivity contribution in [1.29, 1.82) is 0 Å². The zero-order valence-corrected chi connectivity index (χ0v) is 16.3. The van der Waals surface area contributed by atoms with Crippen LogP contribution in [0, 0.1) is 35.5 Å². The fourth-order valence-corrected chi connectivity index (χ4v) is 5.67. The van der Waals surface area contributed by atoms with Crippen LogP contribution in [0.1, 0.15) is 13.3 Å². The Morgan fingerprint density at radius 1 is 1.18 bits per heavy atom. The number of allylic oxidation sites excluding steroid dienone is 2. The second-order valence-electron chi connectivity index (χ2n) is 8.21. The summed E-state index contributed by atoms with van der Waals surface area (Å²) in [7, 11) is 1.49. The van der Waals surface area contributed by atoms with Crippen LogP contribution in [-0.2, 0) is 14.4 Å². The summed E-state index contributed by atoms with van der Waals surface area (Å²) in [4.78, 5) is 40.3. The van der Waals surface area contributed by atoms with Crippen LogP contribution in [0.2, 0.25) is 5.02 Å². The molecular weight excluding hydrogens is 380 g/mol. The maximum atomic E-state index is 13.1. The average molecular weight is 401 g/mol. The first-order chi connectivity index (χ1) is 13.4. The third-order valence-electron chi connectivity index (χ3n) is 6.88. The van der Waals surface area contributed by atoms with Gasteiger partial charge in [0.25, 0.3) is 0 Å². The third kappa shape index (κ3) is 2.37. The van der Waals surface area contributed by atoms with Crippen LogP contribution in [0.15, 0.2) is 30.4 Å². The normalized spacial score (nSPS) is 35.5. The highest BCUT2D eigenvalue weighted by Crippen LogP contribution is 2.65. The van der Waals surface area contributed by atoms with Crippen LogP contribution < -0.4 is 10.1 Å². The van der Waals surface area contributed by atoms with E-state index in [4.69, 9.17) is 16.3 Å². The van der Waals surface area contributed by atoms with E-state index in [1.807, 2.05) is 0 Å². The number of ether oxygens (including phenoxy) is 1. The number of nitrogens with zero attached hydrogens (tertiary/aromatic N) is 1. The Bertz CT molecular complexity index is 893. The van der Waals surface area contributed by atoms with Gasteiger partial charge in [0.2, 0.25) is 17.7 Å². The number of imide groups is 1. The zero-order valence-electron chi connectivity index (χ0n) is 15.6. The predicted octanol–water partition coefficient (Wildman–Crippen LogP) is 2.73. The van der Waals surface area contributed by atoms with Crippen molar-refractivity contribution in [2.45, 2.75) is 19.4 Å². The first-order valence-corrected chi connectivity index (χ1v) is 10.00. The van der Waals surface area contributed by atoms with Crippen molar-refractivity contribution >= 4 is 35.0 Å². The molecule has 7 atom stereocenters. The van der Waals surface area contributed by atoms with Crippen molar-refractivity contribution in [2.75, 3.05) is 12.4 Å². The maximum Gasteiger partial charge on any atom is 0.247 e. The largest absolute Gasteiger partial charge is 0.495 e. The smallest absolute Gasteiger partial charge is 0.247 e. The molecule has 5 aliphatic rings. The summed E-state index contributed by atoms with van der Waals surface area (Å²) in [5.74, 6) is 0.353. The fraction of sp³-hybridized carbons (Fsp3) is 0.476. The number of anilines is 1. The lowest BCUT2D eigenvalue weighted by Gasteiger charge is -2.37. The summed E-state index contributed by atoms with van der Waals surface area (Å²) in [6.07, 6.45) is 5.35.